The molecule has 0 aromatic carbocycles. The predicted octanol–water partition coefficient (Wildman–Crippen LogP) is 4.18. The van der Waals surface area contributed by atoms with Crippen molar-refractivity contribution in [2.75, 3.05) is 13.4 Å². The van der Waals surface area contributed by atoms with E-state index in [1.54, 1.807) is 0 Å². The van der Waals surface area contributed by atoms with Gasteiger partial charge < -0.3 is 14.0 Å². The van der Waals surface area contributed by atoms with E-state index in [9.17, 15) is 5.26 Å². The maximum Gasteiger partial charge on any atom is 0.189 e. The summed E-state index contributed by atoms with van der Waals surface area (Å²) in [5, 5.41) is 9.28. The minimum Gasteiger partial charge on any atom is -0.470 e. The molecule has 1 fully saturated rings. The topological polar surface area (TPSA) is 47.2 Å². The molecule has 23 heavy (non-hydrogen) atoms. The van der Waals surface area contributed by atoms with Gasteiger partial charge in [-0.3, -0.25) is 0 Å². The summed E-state index contributed by atoms with van der Waals surface area (Å²) in [4.78, 5) is 0. The van der Waals surface area contributed by atoms with Crippen molar-refractivity contribution in [2.45, 2.75) is 27.2 Å². The molecule has 1 aromatic rings. The molecule has 2 heterocycles. The molecule has 1 aromatic heterocycles. The number of hydrogen-bond acceptors (Lipinski definition) is 3. The highest BCUT2D eigenvalue weighted by Gasteiger charge is 2.17. The first-order chi connectivity index (χ1) is 11.1. The average Bonchev–Trinajstić information content (AvgIpc) is 3.04. The van der Waals surface area contributed by atoms with E-state index >= 15 is 0 Å². The Morgan fingerprint density at radius 1 is 1.35 bits per heavy atom. The zero-order valence-electron chi connectivity index (χ0n) is 13.9. The molecule has 0 spiro atoms. The molecular formula is C19H22N2O2. The fraction of sp³-hybridized carbons (Fsp3) is 0.316. The van der Waals surface area contributed by atoms with Crippen LogP contribution in [0.15, 0.2) is 36.1 Å². The molecule has 120 valence electrons. The minimum atomic E-state index is 0.388. The van der Waals surface area contributed by atoms with Gasteiger partial charge in [0.1, 0.15) is 18.4 Å². The van der Waals surface area contributed by atoms with Crippen molar-refractivity contribution in [3.05, 3.63) is 58.7 Å². The lowest BCUT2D eigenvalue weighted by atomic mass is 10.1. The Bertz CT molecular complexity index is 720. The Balaban J connectivity index is 0.000000268. The zero-order chi connectivity index (χ0) is 16.8. The van der Waals surface area contributed by atoms with Crippen LogP contribution in [0.3, 0.4) is 0 Å². The highest BCUT2D eigenvalue weighted by atomic mass is 16.7. The summed E-state index contributed by atoms with van der Waals surface area (Å²) < 4.78 is 11.6. The molecule has 1 aliphatic heterocycles. The molecule has 1 aliphatic carbocycles. The summed E-state index contributed by atoms with van der Waals surface area (Å²) in [6.45, 7) is 10.5. The molecule has 0 atom stereocenters. The summed E-state index contributed by atoms with van der Waals surface area (Å²) >= 11 is 0. The van der Waals surface area contributed by atoms with E-state index in [1.165, 1.54) is 11.3 Å². The molecule has 0 bridgehead atoms. The van der Waals surface area contributed by atoms with Crippen molar-refractivity contribution in [1.29, 1.82) is 5.26 Å². The minimum absolute atomic E-state index is 0.388. The normalized spacial score (nSPS) is 16.1. The quantitative estimate of drug-likeness (QED) is 0.782. The maximum absolute atomic E-state index is 9.28. The smallest absolute Gasteiger partial charge is 0.189 e. The van der Waals surface area contributed by atoms with Crippen LogP contribution in [0, 0.1) is 18.3 Å². The number of nitriles is 1. The summed E-state index contributed by atoms with van der Waals surface area (Å²) in [7, 11) is 0. The van der Waals surface area contributed by atoms with Gasteiger partial charge in [-0.05, 0) is 20.8 Å². The average molecular weight is 310 g/mol. The molecule has 0 radical (unpaired) electrons. The van der Waals surface area contributed by atoms with Gasteiger partial charge >= 0.3 is 0 Å². The Hall–Kier alpha value is -2.51. The lowest BCUT2D eigenvalue weighted by Gasteiger charge is -2.04. The van der Waals surface area contributed by atoms with Crippen LogP contribution in [0.25, 0.3) is 12.3 Å². The summed E-state index contributed by atoms with van der Waals surface area (Å²) in [5.74, 6) is 0.731. The van der Waals surface area contributed by atoms with E-state index in [0.717, 1.165) is 29.0 Å². The predicted molar refractivity (Wildman–Crippen MR) is 92.4 cm³/mol. The number of fused-ring (bicyclic) bond motifs is 1. The SMILES string of the molecule is C/C=C/n1c(C)c(C#N)c2c1CC=C(C)C=C2.C=C1COCO1. The highest BCUT2D eigenvalue weighted by Crippen LogP contribution is 2.27. The molecule has 4 nitrogen and oxygen atoms in total. The van der Waals surface area contributed by atoms with E-state index in [2.05, 4.69) is 42.4 Å². The summed E-state index contributed by atoms with van der Waals surface area (Å²) in [6.07, 6.45) is 11.2. The Morgan fingerprint density at radius 2 is 2.13 bits per heavy atom. The fourth-order valence-electron chi connectivity index (χ4n) is 2.53. The van der Waals surface area contributed by atoms with Crippen molar-refractivity contribution in [1.82, 2.24) is 4.57 Å². The van der Waals surface area contributed by atoms with Crippen molar-refractivity contribution in [2.24, 2.45) is 0 Å². The fourth-order valence-corrected chi connectivity index (χ4v) is 2.53. The first kappa shape index (κ1) is 16.9. The van der Waals surface area contributed by atoms with E-state index < -0.39 is 0 Å². The van der Waals surface area contributed by atoms with Gasteiger partial charge in [0.05, 0.1) is 5.56 Å². The second-order valence-corrected chi connectivity index (χ2v) is 5.42. The summed E-state index contributed by atoms with van der Waals surface area (Å²) in [5.41, 5.74) is 5.32. The Morgan fingerprint density at radius 3 is 2.65 bits per heavy atom. The third-order valence-corrected chi connectivity index (χ3v) is 3.74. The van der Waals surface area contributed by atoms with Crippen LogP contribution in [0.1, 0.15) is 36.4 Å². The molecular weight excluding hydrogens is 288 g/mol. The van der Waals surface area contributed by atoms with Crippen LogP contribution < -0.4 is 0 Å². The van der Waals surface area contributed by atoms with Crippen molar-refractivity contribution in [3.8, 4) is 6.07 Å². The van der Waals surface area contributed by atoms with Crippen LogP contribution in [-0.4, -0.2) is 18.0 Å². The van der Waals surface area contributed by atoms with Crippen molar-refractivity contribution in [3.63, 3.8) is 0 Å². The lowest BCUT2D eigenvalue weighted by molar-refractivity contribution is 0.0802. The van der Waals surface area contributed by atoms with Gasteiger partial charge in [0.2, 0.25) is 0 Å². The number of ether oxygens (including phenoxy) is 2. The van der Waals surface area contributed by atoms with E-state index in [1.807, 2.05) is 26.1 Å². The lowest BCUT2D eigenvalue weighted by Crippen LogP contribution is -1.96. The molecule has 0 unspecified atom stereocenters. The van der Waals surface area contributed by atoms with Gasteiger partial charge in [-0.1, -0.05) is 36.5 Å². The zero-order valence-corrected chi connectivity index (χ0v) is 13.9. The van der Waals surface area contributed by atoms with E-state index in [4.69, 9.17) is 9.47 Å². The molecule has 2 aliphatic rings. The van der Waals surface area contributed by atoms with Crippen LogP contribution in [0.4, 0.5) is 0 Å². The third-order valence-electron chi connectivity index (χ3n) is 3.74. The summed E-state index contributed by atoms with van der Waals surface area (Å²) in [6, 6.07) is 2.32. The maximum atomic E-state index is 9.28. The molecule has 3 rings (SSSR count). The monoisotopic (exact) mass is 310 g/mol. The van der Waals surface area contributed by atoms with Crippen molar-refractivity contribution < 1.29 is 9.47 Å². The Labute approximate surface area is 137 Å². The first-order valence-corrected chi connectivity index (χ1v) is 7.58. The number of aromatic nitrogens is 1. The second-order valence-electron chi connectivity index (χ2n) is 5.42. The van der Waals surface area contributed by atoms with Gasteiger partial charge in [-0.15, -0.1) is 0 Å². The number of allylic oxidation sites excluding steroid dienone is 4. The van der Waals surface area contributed by atoms with E-state index in [0.29, 0.717) is 13.4 Å². The molecule has 0 saturated carbocycles. The van der Waals surface area contributed by atoms with Crippen LogP contribution in [0.2, 0.25) is 0 Å². The largest absolute Gasteiger partial charge is 0.470 e. The number of rotatable bonds is 1. The first-order valence-electron chi connectivity index (χ1n) is 7.58. The van der Waals surface area contributed by atoms with Gasteiger partial charge in [0.25, 0.3) is 0 Å². The van der Waals surface area contributed by atoms with E-state index in [-0.39, 0.29) is 0 Å². The standard InChI is InChI=1S/C15H16N2.C4H6O2/c1-4-9-17-12(3)14(10-16)13-7-5-11(2)6-8-15(13)17;1-4-2-5-3-6-4/h4-7,9H,8H2,1-3H3;1-3H2/b9-4+;. The third kappa shape index (κ3) is 3.82. The van der Waals surface area contributed by atoms with Gasteiger partial charge in [0.15, 0.2) is 6.79 Å². The number of nitrogens with zero attached hydrogens (tertiary/aromatic N) is 2. The van der Waals surface area contributed by atoms with Crippen molar-refractivity contribution >= 4 is 12.3 Å². The highest BCUT2D eigenvalue weighted by molar-refractivity contribution is 5.68. The molecule has 1 saturated heterocycles. The number of hydrogen-bond donors (Lipinski definition) is 0. The molecule has 4 heteroatoms. The van der Waals surface area contributed by atoms with Crippen LogP contribution >= 0.6 is 0 Å². The molecule has 0 amide bonds. The molecule has 0 N–H and O–H groups in total. The van der Waals surface area contributed by atoms with Gasteiger partial charge in [-0.2, -0.15) is 5.26 Å². The van der Waals surface area contributed by atoms with Gasteiger partial charge in [-0.25, -0.2) is 0 Å². The van der Waals surface area contributed by atoms with Crippen LogP contribution in [0.5, 0.6) is 0 Å². The van der Waals surface area contributed by atoms with Gasteiger partial charge in [0, 0.05) is 29.6 Å². The second kappa shape index (κ2) is 7.66. The Kier molecular flexibility index (Phi) is 5.61. The van der Waals surface area contributed by atoms with Crippen LogP contribution in [-0.2, 0) is 15.9 Å².